The molecule has 5 rings (SSSR count). The average Bonchev–Trinajstić information content (AvgIpc) is 3.38. The zero-order valence-electron chi connectivity index (χ0n) is 20.0. The average molecular weight is 476 g/mol. The van der Waals surface area contributed by atoms with Crippen LogP contribution in [-0.2, 0) is 12.8 Å². The molecule has 1 aliphatic carbocycles. The molecule has 3 aliphatic rings. The minimum atomic E-state index is -0.968. The number of unbranched alkanes of at least 4 members (excludes halogenated alkanes) is 2. The summed E-state index contributed by atoms with van der Waals surface area (Å²) >= 11 is 0. The molecule has 1 saturated heterocycles. The Hall–Kier alpha value is -3.19. The highest BCUT2D eigenvalue weighted by Gasteiger charge is 2.39. The first kappa shape index (κ1) is 23.5. The molecular formula is C28H33N3O4. The number of nitrogens with one attached hydrogen (secondary N) is 1. The lowest BCUT2D eigenvalue weighted by atomic mass is 9.77. The number of hydrogen-bond donors (Lipinski definition) is 2. The van der Waals surface area contributed by atoms with Gasteiger partial charge in [0.1, 0.15) is 0 Å². The Bertz CT molecular complexity index is 1100. The summed E-state index contributed by atoms with van der Waals surface area (Å²) in [6.45, 7) is 3.11. The van der Waals surface area contributed by atoms with Crippen LogP contribution in [0.5, 0.6) is 0 Å². The van der Waals surface area contributed by atoms with E-state index in [0.29, 0.717) is 36.2 Å². The molecule has 2 N–H and O–H groups in total. The third-order valence-electron chi connectivity index (χ3n) is 7.94. The van der Waals surface area contributed by atoms with E-state index >= 15 is 0 Å². The van der Waals surface area contributed by atoms with E-state index < -0.39 is 6.09 Å². The van der Waals surface area contributed by atoms with Gasteiger partial charge in [-0.15, -0.1) is 0 Å². The van der Waals surface area contributed by atoms with Crippen molar-refractivity contribution in [1.82, 2.24) is 15.1 Å². The van der Waals surface area contributed by atoms with Gasteiger partial charge in [0.2, 0.25) is 0 Å². The Balaban J connectivity index is 1.10. The molecule has 184 valence electrons. The first-order chi connectivity index (χ1) is 17.0. The van der Waals surface area contributed by atoms with E-state index in [-0.39, 0.29) is 11.8 Å². The maximum atomic E-state index is 12.5. The van der Waals surface area contributed by atoms with E-state index in [1.807, 2.05) is 0 Å². The fraction of sp³-hybridized carbons (Fsp3) is 0.464. The van der Waals surface area contributed by atoms with Gasteiger partial charge < -0.3 is 10.4 Å². The Morgan fingerprint density at radius 2 is 1.69 bits per heavy atom. The predicted octanol–water partition coefficient (Wildman–Crippen LogP) is 4.07. The number of benzene rings is 2. The molecule has 0 unspecified atom stereocenters. The number of carbonyl (C=O) groups is 3. The number of nitrogens with zero attached hydrogens (tertiary/aromatic N) is 2. The van der Waals surface area contributed by atoms with E-state index in [1.165, 1.54) is 28.0 Å². The van der Waals surface area contributed by atoms with Gasteiger partial charge in [-0.3, -0.25) is 19.4 Å². The normalized spacial score (nSPS) is 21.1. The number of carbonyl (C=O) groups excluding carboxylic acids is 2. The zero-order valence-corrected chi connectivity index (χ0v) is 20.0. The van der Waals surface area contributed by atoms with Gasteiger partial charge in [0, 0.05) is 25.0 Å². The summed E-state index contributed by atoms with van der Waals surface area (Å²) in [6.07, 6.45) is 6.05. The van der Waals surface area contributed by atoms with Crippen molar-refractivity contribution >= 4 is 17.9 Å². The molecule has 7 heteroatoms. The maximum absolute atomic E-state index is 12.5. The van der Waals surface area contributed by atoms with Gasteiger partial charge in [0.15, 0.2) is 0 Å². The number of hydrogen-bond acceptors (Lipinski definition) is 4. The second-order valence-electron chi connectivity index (χ2n) is 9.87. The molecule has 1 fully saturated rings. The van der Waals surface area contributed by atoms with Crippen molar-refractivity contribution in [3.8, 4) is 0 Å². The molecule has 2 heterocycles. The van der Waals surface area contributed by atoms with Gasteiger partial charge >= 0.3 is 6.09 Å². The van der Waals surface area contributed by atoms with Crippen LogP contribution in [0.4, 0.5) is 4.79 Å². The molecule has 2 aromatic rings. The third kappa shape index (κ3) is 4.69. The van der Waals surface area contributed by atoms with Crippen LogP contribution in [0.3, 0.4) is 0 Å². The van der Waals surface area contributed by atoms with E-state index in [2.05, 4.69) is 28.4 Å². The van der Waals surface area contributed by atoms with Crippen molar-refractivity contribution in [2.45, 2.75) is 56.9 Å². The molecule has 35 heavy (non-hydrogen) atoms. The van der Waals surface area contributed by atoms with Gasteiger partial charge in [0.25, 0.3) is 11.8 Å². The number of fused-ring (bicyclic) bond motifs is 4. The van der Waals surface area contributed by atoms with Crippen LogP contribution in [0.2, 0.25) is 0 Å². The summed E-state index contributed by atoms with van der Waals surface area (Å²) in [5, 5.41) is 11.3. The van der Waals surface area contributed by atoms with Crippen molar-refractivity contribution < 1.29 is 19.5 Å². The smallest absolute Gasteiger partial charge is 0.404 e. The summed E-state index contributed by atoms with van der Waals surface area (Å²) in [4.78, 5) is 39.9. The van der Waals surface area contributed by atoms with E-state index in [9.17, 15) is 14.4 Å². The molecule has 0 saturated carbocycles. The Morgan fingerprint density at radius 1 is 0.943 bits per heavy atom. The van der Waals surface area contributed by atoms with Crippen LogP contribution in [0.1, 0.15) is 75.4 Å². The van der Waals surface area contributed by atoms with Crippen LogP contribution in [0.25, 0.3) is 0 Å². The molecule has 0 radical (unpaired) electrons. The van der Waals surface area contributed by atoms with Gasteiger partial charge in [-0.25, -0.2) is 4.79 Å². The number of rotatable bonds is 9. The fourth-order valence-corrected chi connectivity index (χ4v) is 6.28. The van der Waals surface area contributed by atoms with Gasteiger partial charge in [0.05, 0.1) is 11.1 Å². The summed E-state index contributed by atoms with van der Waals surface area (Å²) < 4.78 is 0. The summed E-state index contributed by atoms with van der Waals surface area (Å²) in [5.74, 6) is 0.239. The molecule has 0 bridgehead atoms. The summed E-state index contributed by atoms with van der Waals surface area (Å²) in [5.41, 5.74) is 5.23. The fourth-order valence-electron chi connectivity index (χ4n) is 6.28. The largest absolute Gasteiger partial charge is 0.465 e. The van der Waals surface area contributed by atoms with Crippen molar-refractivity contribution in [3.05, 3.63) is 70.3 Å². The quantitative estimate of drug-likeness (QED) is 0.422. The highest BCUT2D eigenvalue weighted by Crippen LogP contribution is 2.42. The Kier molecular flexibility index (Phi) is 6.86. The van der Waals surface area contributed by atoms with Crippen molar-refractivity contribution in [2.75, 3.05) is 26.2 Å². The lowest BCUT2D eigenvalue weighted by Gasteiger charge is -2.34. The van der Waals surface area contributed by atoms with Gasteiger partial charge in [-0.05, 0) is 80.4 Å². The minimum absolute atomic E-state index is 0.160. The molecule has 0 spiro atoms. The summed E-state index contributed by atoms with van der Waals surface area (Å²) in [6, 6.07) is 14.2. The first-order valence-electron chi connectivity index (χ1n) is 12.8. The van der Waals surface area contributed by atoms with Crippen LogP contribution >= 0.6 is 0 Å². The van der Waals surface area contributed by atoms with Crippen molar-refractivity contribution in [2.24, 2.45) is 0 Å². The number of likely N-dealkylation sites (tertiary alicyclic amines) is 1. The highest BCUT2D eigenvalue weighted by atomic mass is 16.4. The summed E-state index contributed by atoms with van der Waals surface area (Å²) in [7, 11) is 0. The standard InChI is InChI=1S/C28H33N3O4/c32-26-23-8-2-3-9-24(23)27(33)31(26)17-5-1-4-16-30-18-14-22-21-10-6-7-19(13-15-29-28(34)35)20(21)11-12-25(22)30/h2-3,6-10,22,25,29H,1,4-5,11-18H2,(H,34,35)/t22-,25+/m0/s1. The lowest BCUT2D eigenvalue weighted by Crippen LogP contribution is -2.36. The van der Waals surface area contributed by atoms with Crippen LogP contribution in [0, 0.1) is 0 Å². The second-order valence-corrected chi connectivity index (χ2v) is 9.87. The molecular weight excluding hydrogens is 442 g/mol. The monoisotopic (exact) mass is 475 g/mol. The Morgan fingerprint density at radius 3 is 2.43 bits per heavy atom. The lowest BCUT2D eigenvalue weighted by molar-refractivity contribution is 0.0651. The number of amides is 3. The molecule has 7 nitrogen and oxygen atoms in total. The van der Waals surface area contributed by atoms with Crippen molar-refractivity contribution in [3.63, 3.8) is 0 Å². The zero-order chi connectivity index (χ0) is 24.4. The van der Waals surface area contributed by atoms with Crippen LogP contribution in [0.15, 0.2) is 42.5 Å². The number of imide groups is 1. The van der Waals surface area contributed by atoms with Crippen molar-refractivity contribution in [1.29, 1.82) is 0 Å². The van der Waals surface area contributed by atoms with Crippen LogP contribution in [-0.4, -0.2) is 65.0 Å². The number of carboxylic acid groups (broad SMARTS) is 1. The van der Waals surface area contributed by atoms with Crippen LogP contribution < -0.4 is 5.32 Å². The SMILES string of the molecule is O=C(O)NCCc1cccc2c1CC[C@@H]1[C@H]2CCN1CCCCCN1C(=O)c2ccccc2C1=O. The van der Waals surface area contributed by atoms with E-state index in [0.717, 1.165) is 51.6 Å². The Labute approximate surface area is 206 Å². The van der Waals surface area contributed by atoms with E-state index in [1.54, 1.807) is 24.3 Å². The first-order valence-corrected chi connectivity index (χ1v) is 12.8. The molecule has 2 atom stereocenters. The van der Waals surface area contributed by atoms with Gasteiger partial charge in [-0.1, -0.05) is 36.8 Å². The molecule has 3 amide bonds. The third-order valence-corrected chi connectivity index (χ3v) is 7.94. The van der Waals surface area contributed by atoms with E-state index in [4.69, 9.17) is 5.11 Å². The minimum Gasteiger partial charge on any atom is -0.465 e. The topological polar surface area (TPSA) is 89.9 Å². The molecule has 0 aromatic heterocycles. The molecule has 2 aliphatic heterocycles. The maximum Gasteiger partial charge on any atom is 0.404 e. The second kappa shape index (κ2) is 10.2. The van der Waals surface area contributed by atoms with Gasteiger partial charge in [-0.2, -0.15) is 0 Å². The molecule has 2 aromatic carbocycles. The predicted molar refractivity (Wildman–Crippen MR) is 133 cm³/mol. The highest BCUT2D eigenvalue weighted by molar-refractivity contribution is 6.21.